The average molecular weight is 326 g/mol. The van der Waals surface area contributed by atoms with Crippen molar-refractivity contribution in [3.8, 4) is 12.1 Å². The van der Waals surface area contributed by atoms with E-state index in [4.69, 9.17) is 10.5 Å². The van der Waals surface area contributed by atoms with Crippen LogP contribution in [0.25, 0.3) is 0 Å². The van der Waals surface area contributed by atoms with Gasteiger partial charge in [-0.3, -0.25) is 0 Å². The Morgan fingerprint density at radius 2 is 1.52 bits per heavy atom. The molecule has 116 valence electrons. The maximum Gasteiger partial charge on any atom is 0.197 e. The van der Waals surface area contributed by atoms with Crippen molar-refractivity contribution in [2.45, 2.75) is 5.92 Å². The van der Waals surface area contributed by atoms with Crippen LogP contribution in [-0.4, -0.2) is 0 Å². The zero-order valence-corrected chi connectivity index (χ0v) is 11.0. The van der Waals surface area contributed by atoms with Crippen LogP contribution in [0, 0.1) is 45.9 Å². The van der Waals surface area contributed by atoms with Crippen molar-refractivity contribution in [3.05, 3.63) is 69.9 Å². The summed E-state index contributed by atoms with van der Waals surface area (Å²) in [6, 6.07) is 2.62. The van der Waals surface area contributed by atoms with Crippen LogP contribution in [0.1, 0.15) is 11.5 Å². The number of rotatable bonds is 1. The van der Waals surface area contributed by atoms with Gasteiger partial charge in [-0.15, -0.1) is 0 Å². The van der Waals surface area contributed by atoms with Gasteiger partial charge in [-0.05, 0) is 6.07 Å². The number of nitrogens with zero attached hydrogens (tertiary/aromatic N) is 2. The second kappa shape index (κ2) is 5.65. The summed E-state index contributed by atoms with van der Waals surface area (Å²) in [5.41, 5.74) is -3.86. The Morgan fingerprint density at radius 1 is 0.913 bits per heavy atom. The molecule has 1 aliphatic carbocycles. The number of hydrogen-bond donors (Lipinski definition) is 0. The highest BCUT2D eigenvalue weighted by Crippen LogP contribution is 2.45. The molecule has 0 bridgehead atoms. The Hall–Kier alpha value is -3.00. The van der Waals surface area contributed by atoms with Gasteiger partial charge in [0, 0.05) is 11.1 Å². The molecule has 0 spiro atoms. The molecule has 0 aromatic heterocycles. The smallest absolute Gasteiger partial charge is 0.197 e. The van der Waals surface area contributed by atoms with E-state index in [9.17, 15) is 26.3 Å². The lowest BCUT2D eigenvalue weighted by atomic mass is 9.81. The van der Waals surface area contributed by atoms with E-state index in [1.54, 1.807) is 0 Å². The zero-order chi connectivity index (χ0) is 17.5. The third kappa shape index (κ3) is 2.29. The Labute approximate surface area is 125 Å². The van der Waals surface area contributed by atoms with Crippen LogP contribution in [0.15, 0.2) is 41.0 Å². The summed E-state index contributed by atoms with van der Waals surface area (Å²) in [6.07, 6.45) is 0. The summed E-state index contributed by atoms with van der Waals surface area (Å²) in [7, 11) is 0. The molecule has 0 radical (unpaired) electrons. The predicted octanol–water partition coefficient (Wildman–Crippen LogP) is 4.39. The van der Waals surface area contributed by atoms with E-state index in [2.05, 4.69) is 6.58 Å². The van der Waals surface area contributed by atoms with Gasteiger partial charge in [0.1, 0.15) is 17.7 Å². The molecule has 0 saturated heterocycles. The second-order valence-corrected chi connectivity index (χ2v) is 4.48. The summed E-state index contributed by atoms with van der Waals surface area (Å²) in [6.45, 7) is 3.09. The van der Waals surface area contributed by atoms with Crippen molar-refractivity contribution in [2.24, 2.45) is 0 Å². The molecule has 1 aromatic rings. The minimum absolute atomic E-state index is 0.103. The molecule has 0 fully saturated rings. The number of benzene rings is 1. The fraction of sp³-hybridized carbons (Fsp3) is 0.0667. The van der Waals surface area contributed by atoms with Crippen molar-refractivity contribution in [2.75, 3.05) is 0 Å². The lowest BCUT2D eigenvalue weighted by molar-refractivity contribution is 0.399. The van der Waals surface area contributed by atoms with Crippen molar-refractivity contribution >= 4 is 0 Å². The SMILES string of the molecule is C=C1C(F)=C(C#N)C(c2cc(F)c(F)c(F)c2F)C(F)=C1C#N. The molecule has 0 saturated carbocycles. The van der Waals surface area contributed by atoms with Crippen LogP contribution in [0.3, 0.4) is 0 Å². The monoisotopic (exact) mass is 326 g/mol. The molecule has 1 atom stereocenters. The minimum atomic E-state index is -2.24. The van der Waals surface area contributed by atoms with Crippen LogP contribution in [0.4, 0.5) is 26.3 Å². The van der Waals surface area contributed by atoms with Gasteiger partial charge in [-0.1, -0.05) is 6.58 Å². The highest BCUT2D eigenvalue weighted by molar-refractivity contribution is 5.63. The first kappa shape index (κ1) is 16.4. The first-order chi connectivity index (χ1) is 10.8. The summed E-state index contributed by atoms with van der Waals surface area (Å²) in [5.74, 6) is -13.4. The van der Waals surface area contributed by atoms with Gasteiger partial charge in [0.25, 0.3) is 0 Å². The molecular weight excluding hydrogens is 322 g/mol. The van der Waals surface area contributed by atoms with Crippen molar-refractivity contribution in [1.29, 1.82) is 10.5 Å². The van der Waals surface area contributed by atoms with E-state index in [0.29, 0.717) is 0 Å². The van der Waals surface area contributed by atoms with E-state index in [1.165, 1.54) is 12.1 Å². The lowest BCUT2D eigenvalue weighted by Gasteiger charge is -2.22. The Balaban J connectivity index is 2.86. The van der Waals surface area contributed by atoms with Crippen molar-refractivity contribution in [1.82, 2.24) is 0 Å². The van der Waals surface area contributed by atoms with Gasteiger partial charge in [-0.25, -0.2) is 26.3 Å². The summed E-state index contributed by atoms with van der Waals surface area (Å²) in [5, 5.41) is 17.7. The molecule has 0 N–H and O–H groups in total. The number of nitriles is 2. The van der Waals surface area contributed by atoms with Crippen molar-refractivity contribution < 1.29 is 26.3 Å². The van der Waals surface area contributed by atoms with Gasteiger partial charge in [-0.2, -0.15) is 10.5 Å². The van der Waals surface area contributed by atoms with E-state index >= 15 is 0 Å². The normalized spacial score (nSPS) is 18.1. The first-order valence-electron chi connectivity index (χ1n) is 5.88. The molecule has 8 heteroatoms. The molecule has 0 amide bonds. The van der Waals surface area contributed by atoms with Crippen LogP contribution >= 0.6 is 0 Å². The lowest BCUT2D eigenvalue weighted by Crippen LogP contribution is -2.16. The number of allylic oxidation sites excluding steroid dienone is 5. The first-order valence-corrected chi connectivity index (χ1v) is 5.88. The highest BCUT2D eigenvalue weighted by atomic mass is 19.2. The van der Waals surface area contributed by atoms with Crippen molar-refractivity contribution in [3.63, 3.8) is 0 Å². The molecule has 2 nitrogen and oxygen atoms in total. The topological polar surface area (TPSA) is 47.6 Å². The second-order valence-electron chi connectivity index (χ2n) is 4.48. The van der Waals surface area contributed by atoms with Gasteiger partial charge in [0.05, 0.1) is 23.1 Å². The van der Waals surface area contributed by atoms with Gasteiger partial charge >= 0.3 is 0 Å². The van der Waals surface area contributed by atoms with Crippen LogP contribution < -0.4 is 0 Å². The van der Waals surface area contributed by atoms with E-state index in [-0.39, 0.29) is 6.07 Å². The molecule has 1 aromatic carbocycles. The molecule has 1 unspecified atom stereocenters. The largest absolute Gasteiger partial charge is 0.209 e. The third-order valence-corrected chi connectivity index (χ3v) is 3.26. The maximum absolute atomic E-state index is 14.3. The fourth-order valence-corrected chi connectivity index (χ4v) is 2.14. The average Bonchev–Trinajstić information content (AvgIpc) is 2.53. The van der Waals surface area contributed by atoms with E-state index < -0.39 is 63.1 Å². The Morgan fingerprint density at radius 3 is 2.04 bits per heavy atom. The van der Waals surface area contributed by atoms with Crippen LogP contribution in [-0.2, 0) is 0 Å². The summed E-state index contributed by atoms with van der Waals surface area (Å²) >= 11 is 0. The molecule has 1 aliphatic rings. The van der Waals surface area contributed by atoms with Gasteiger partial charge in [0.2, 0.25) is 0 Å². The van der Waals surface area contributed by atoms with Gasteiger partial charge in [0.15, 0.2) is 23.3 Å². The standard InChI is InChI=1S/C15H4F6N2/c1-5-7(3-22)12(18)10(8(4-23)11(5)17)6-2-9(16)14(20)15(21)13(6)19/h2,10H,1H2. The zero-order valence-electron chi connectivity index (χ0n) is 11.0. The molecular formula is C15H4F6N2. The minimum Gasteiger partial charge on any atom is -0.209 e. The Kier molecular flexibility index (Phi) is 4.02. The van der Waals surface area contributed by atoms with E-state index in [1.807, 2.05) is 0 Å². The van der Waals surface area contributed by atoms with Crippen LogP contribution in [0.5, 0.6) is 0 Å². The van der Waals surface area contributed by atoms with Gasteiger partial charge < -0.3 is 0 Å². The molecule has 2 rings (SSSR count). The Bertz CT molecular complexity index is 883. The third-order valence-electron chi connectivity index (χ3n) is 3.26. The highest BCUT2D eigenvalue weighted by Gasteiger charge is 2.38. The predicted molar refractivity (Wildman–Crippen MR) is 65.6 cm³/mol. The van der Waals surface area contributed by atoms with Crippen LogP contribution in [0.2, 0.25) is 0 Å². The fourth-order valence-electron chi connectivity index (χ4n) is 2.14. The maximum atomic E-state index is 14.3. The number of halogens is 6. The number of hydrogen-bond acceptors (Lipinski definition) is 2. The molecule has 23 heavy (non-hydrogen) atoms. The molecule has 0 heterocycles. The summed E-state index contributed by atoms with van der Waals surface area (Å²) in [4.78, 5) is 0. The van der Waals surface area contributed by atoms with E-state index in [0.717, 1.165) is 0 Å². The quantitative estimate of drug-likeness (QED) is 0.436. The molecule has 0 aliphatic heterocycles. The summed E-state index contributed by atoms with van der Waals surface area (Å²) < 4.78 is 81.8.